The van der Waals surface area contributed by atoms with Gasteiger partial charge in [-0.2, -0.15) is 9.37 Å². The molecule has 3 atom stereocenters. The molecule has 8 nitrogen and oxygen atoms in total. The lowest BCUT2D eigenvalue weighted by atomic mass is 9.98. The van der Waals surface area contributed by atoms with Gasteiger partial charge in [0.15, 0.2) is 11.6 Å². The van der Waals surface area contributed by atoms with Crippen molar-refractivity contribution in [2.24, 2.45) is 0 Å². The predicted octanol–water partition coefficient (Wildman–Crippen LogP) is 3.71. The van der Waals surface area contributed by atoms with Gasteiger partial charge in [-0.1, -0.05) is 6.07 Å². The molecule has 9 heteroatoms. The van der Waals surface area contributed by atoms with Crippen molar-refractivity contribution in [1.29, 1.82) is 0 Å². The van der Waals surface area contributed by atoms with E-state index < -0.39 is 5.95 Å². The number of hydrogen-bond donors (Lipinski definition) is 2. The van der Waals surface area contributed by atoms with Crippen LogP contribution in [-0.4, -0.2) is 56.5 Å². The van der Waals surface area contributed by atoms with Crippen molar-refractivity contribution in [2.45, 2.75) is 62.7 Å². The molecular weight excluding hydrogens is 435 g/mol. The number of anilines is 1. The Morgan fingerprint density at radius 2 is 1.79 bits per heavy atom. The topological polar surface area (TPSA) is 96.3 Å². The van der Waals surface area contributed by atoms with Crippen molar-refractivity contribution < 1.29 is 14.2 Å². The molecule has 2 aliphatic heterocycles. The number of ether oxygens (including phenoxy) is 1. The molecule has 3 aliphatic rings. The SMILES string of the molecule is COc1cc(-c2ccc(-c3ncc(N(C4CC4)C4C[C@H]5CC[C@@H](C4)N5)nn3)c(O)c2)cc(F)n1. The number of phenols is 1. The Bertz CT molecular complexity index is 1190. The summed E-state index contributed by atoms with van der Waals surface area (Å²) in [7, 11) is 1.43. The van der Waals surface area contributed by atoms with Gasteiger partial charge in [0.2, 0.25) is 11.8 Å². The Morgan fingerprint density at radius 1 is 1.00 bits per heavy atom. The number of halogens is 1. The van der Waals surface area contributed by atoms with Crippen LogP contribution < -0.4 is 15.0 Å². The largest absolute Gasteiger partial charge is 0.507 e. The van der Waals surface area contributed by atoms with Gasteiger partial charge in [-0.15, -0.1) is 10.2 Å². The van der Waals surface area contributed by atoms with Crippen LogP contribution >= 0.6 is 0 Å². The van der Waals surface area contributed by atoms with E-state index in [1.165, 1.54) is 38.9 Å². The third-order valence-corrected chi connectivity index (χ3v) is 7.15. The van der Waals surface area contributed by atoms with Gasteiger partial charge in [0.05, 0.1) is 18.9 Å². The normalized spacial score (nSPS) is 23.6. The molecule has 1 aromatic carbocycles. The number of pyridine rings is 1. The van der Waals surface area contributed by atoms with Crippen LogP contribution in [0.15, 0.2) is 36.5 Å². The Kier molecular flexibility index (Phi) is 5.28. The second-order valence-corrected chi connectivity index (χ2v) is 9.49. The van der Waals surface area contributed by atoms with Gasteiger partial charge in [-0.05, 0) is 61.8 Å². The lowest BCUT2D eigenvalue weighted by molar-refractivity contribution is 0.343. The number of aromatic hydroxyl groups is 1. The van der Waals surface area contributed by atoms with Crippen molar-refractivity contribution in [3.8, 4) is 34.1 Å². The summed E-state index contributed by atoms with van der Waals surface area (Å²) in [5.41, 5.74) is 1.66. The second-order valence-electron chi connectivity index (χ2n) is 9.49. The van der Waals surface area contributed by atoms with E-state index in [1.54, 1.807) is 30.5 Å². The van der Waals surface area contributed by atoms with Crippen LogP contribution in [0.4, 0.5) is 10.2 Å². The van der Waals surface area contributed by atoms with Crippen molar-refractivity contribution >= 4 is 5.82 Å². The number of aromatic nitrogens is 4. The first-order chi connectivity index (χ1) is 16.6. The number of methoxy groups -OCH3 is 1. The highest BCUT2D eigenvalue weighted by atomic mass is 19.1. The predicted molar refractivity (Wildman–Crippen MR) is 125 cm³/mol. The van der Waals surface area contributed by atoms with E-state index in [4.69, 9.17) is 4.74 Å². The number of benzene rings is 1. The number of fused-ring (bicyclic) bond motifs is 2. The zero-order valence-electron chi connectivity index (χ0n) is 19.0. The average Bonchev–Trinajstić information content (AvgIpc) is 3.62. The third-order valence-electron chi connectivity index (χ3n) is 7.15. The van der Waals surface area contributed by atoms with E-state index in [9.17, 15) is 9.50 Å². The van der Waals surface area contributed by atoms with Gasteiger partial charge in [0.25, 0.3) is 0 Å². The summed E-state index contributed by atoms with van der Waals surface area (Å²) in [5, 5.41) is 23.3. The number of nitrogens with one attached hydrogen (secondary N) is 1. The van der Waals surface area contributed by atoms with E-state index in [-0.39, 0.29) is 11.6 Å². The number of phenolic OH excluding ortho intramolecular Hbond substituents is 1. The zero-order valence-corrected chi connectivity index (χ0v) is 19.0. The Hall–Kier alpha value is -3.33. The van der Waals surface area contributed by atoms with Crippen LogP contribution in [0, 0.1) is 5.95 Å². The van der Waals surface area contributed by atoms with Crippen LogP contribution in [0.1, 0.15) is 38.5 Å². The highest BCUT2D eigenvalue weighted by molar-refractivity contribution is 5.73. The van der Waals surface area contributed by atoms with E-state index in [0.717, 1.165) is 18.7 Å². The molecule has 1 unspecified atom stereocenters. The van der Waals surface area contributed by atoms with Gasteiger partial charge >= 0.3 is 0 Å². The second kappa shape index (κ2) is 8.47. The quantitative estimate of drug-likeness (QED) is 0.536. The van der Waals surface area contributed by atoms with Crippen LogP contribution in [0.25, 0.3) is 22.5 Å². The monoisotopic (exact) mass is 462 g/mol. The van der Waals surface area contributed by atoms with Gasteiger partial charge in [0, 0.05) is 36.3 Å². The Morgan fingerprint density at radius 3 is 2.44 bits per heavy atom. The average molecular weight is 463 g/mol. The smallest absolute Gasteiger partial charge is 0.216 e. The first kappa shape index (κ1) is 21.2. The molecule has 2 bridgehead atoms. The fourth-order valence-electron chi connectivity index (χ4n) is 5.43. The van der Waals surface area contributed by atoms with E-state index >= 15 is 0 Å². The molecule has 0 spiro atoms. The summed E-state index contributed by atoms with van der Waals surface area (Å²) >= 11 is 0. The minimum absolute atomic E-state index is 0.00258. The van der Waals surface area contributed by atoms with Crippen molar-refractivity contribution in [1.82, 2.24) is 25.5 Å². The zero-order chi connectivity index (χ0) is 23.2. The lowest BCUT2D eigenvalue weighted by Gasteiger charge is -2.38. The van der Waals surface area contributed by atoms with Crippen molar-refractivity contribution in [3.63, 3.8) is 0 Å². The molecule has 2 saturated heterocycles. The Labute approximate surface area is 197 Å². The summed E-state index contributed by atoms with van der Waals surface area (Å²) in [4.78, 5) is 10.6. The van der Waals surface area contributed by atoms with Gasteiger partial charge < -0.3 is 20.1 Å². The molecule has 0 amide bonds. The molecule has 2 aromatic heterocycles. The van der Waals surface area contributed by atoms with Crippen molar-refractivity contribution in [3.05, 3.63) is 42.5 Å². The summed E-state index contributed by atoms with van der Waals surface area (Å²) in [6, 6.07) is 10.2. The number of piperidine rings is 1. The summed E-state index contributed by atoms with van der Waals surface area (Å²) in [6.07, 6.45) is 8.95. The van der Waals surface area contributed by atoms with Crippen molar-refractivity contribution in [2.75, 3.05) is 12.0 Å². The maximum Gasteiger partial charge on any atom is 0.216 e. The van der Waals surface area contributed by atoms with Gasteiger partial charge in [-0.25, -0.2) is 4.98 Å². The molecular formula is C25H27FN6O2. The minimum atomic E-state index is -0.650. The molecule has 6 rings (SSSR count). The Balaban J connectivity index is 1.25. The summed E-state index contributed by atoms with van der Waals surface area (Å²) in [5.74, 6) is 0.685. The van der Waals surface area contributed by atoms with Crippen LogP contribution in [-0.2, 0) is 0 Å². The van der Waals surface area contributed by atoms with Crippen LogP contribution in [0.5, 0.6) is 11.6 Å². The molecule has 0 radical (unpaired) electrons. The maximum absolute atomic E-state index is 13.8. The van der Waals surface area contributed by atoms with E-state index in [2.05, 4.69) is 30.4 Å². The lowest BCUT2D eigenvalue weighted by Crippen LogP contribution is -2.49. The first-order valence-corrected chi connectivity index (χ1v) is 11.9. The van der Waals surface area contributed by atoms with E-state index in [1.807, 2.05) is 0 Å². The number of hydrogen-bond acceptors (Lipinski definition) is 8. The molecule has 34 heavy (non-hydrogen) atoms. The molecule has 3 fully saturated rings. The fourth-order valence-corrected chi connectivity index (χ4v) is 5.43. The molecule has 176 valence electrons. The van der Waals surface area contributed by atoms with Crippen LogP contribution in [0.3, 0.4) is 0 Å². The third kappa shape index (κ3) is 4.04. The fraction of sp³-hybridized carbons (Fsp3) is 0.440. The number of nitrogens with zero attached hydrogens (tertiary/aromatic N) is 5. The summed E-state index contributed by atoms with van der Waals surface area (Å²) < 4.78 is 18.8. The van der Waals surface area contributed by atoms with Crippen LogP contribution in [0.2, 0.25) is 0 Å². The van der Waals surface area contributed by atoms with E-state index in [0.29, 0.717) is 46.7 Å². The highest BCUT2D eigenvalue weighted by Crippen LogP contribution is 2.39. The highest BCUT2D eigenvalue weighted by Gasteiger charge is 2.41. The molecule has 3 aromatic rings. The first-order valence-electron chi connectivity index (χ1n) is 11.9. The minimum Gasteiger partial charge on any atom is -0.507 e. The molecule has 4 heterocycles. The van der Waals surface area contributed by atoms with Gasteiger partial charge in [0.1, 0.15) is 5.75 Å². The van der Waals surface area contributed by atoms with Gasteiger partial charge in [-0.3, -0.25) is 0 Å². The molecule has 2 N–H and O–H groups in total. The number of rotatable bonds is 6. The molecule has 1 aliphatic carbocycles. The standard InChI is InChI=1S/C25H27FN6O2/c1-34-24-10-15(9-22(26)29-24)14-2-7-20(21(33)8-14)25-27-13-23(30-31-25)32(18-5-6-18)19-11-16-3-4-17(12-19)28-16/h2,7-10,13,16-19,28,33H,3-6,11-12H2,1H3/t16-,17+,19?. The molecule has 1 saturated carbocycles. The summed E-state index contributed by atoms with van der Waals surface area (Å²) in [6.45, 7) is 0. The maximum atomic E-state index is 13.8.